The first-order valence-electron chi connectivity index (χ1n) is 8.74. The van der Waals surface area contributed by atoms with E-state index < -0.39 is 0 Å². The molecular weight excluding hydrogens is 312 g/mol. The monoisotopic (exact) mass is 344 g/mol. The number of nitrogens with zero attached hydrogens (tertiary/aromatic N) is 3. The molecule has 8 nitrogen and oxygen atoms in total. The lowest BCUT2D eigenvalue weighted by atomic mass is 10.3. The fourth-order valence-electron chi connectivity index (χ4n) is 2.34. The second-order valence-electron chi connectivity index (χ2n) is 5.37. The lowest BCUT2D eigenvalue weighted by Crippen LogP contribution is -2.53. The first-order valence-corrected chi connectivity index (χ1v) is 8.74. The molecule has 1 aliphatic rings. The molecule has 1 amide bonds. The zero-order valence-corrected chi connectivity index (χ0v) is 15.3. The van der Waals surface area contributed by atoms with E-state index in [4.69, 9.17) is 14.2 Å². The van der Waals surface area contributed by atoms with E-state index in [0.29, 0.717) is 46.1 Å². The predicted octanol–water partition coefficient (Wildman–Crippen LogP) is 0.779. The van der Waals surface area contributed by atoms with Crippen LogP contribution in [0, 0.1) is 0 Å². The molecule has 0 aliphatic carbocycles. The largest absolute Gasteiger partial charge is 0.450 e. The first kappa shape index (κ1) is 20.5. The summed E-state index contributed by atoms with van der Waals surface area (Å²) >= 11 is 0. The molecule has 24 heavy (non-hydrogen) atoms. The van der Waals surface area contributed by atoms with E-state index in [1.54, 1.807) is 12.0 Å². The molecule has 0 saturated carbocycles. The second-order valence-corrected chi connectivity index (χ2v) is 5.37. The fraction of sp³-hybridized carbons (Fsp3) is 0.875. The van der Waals surface area contributed by atoms with Gasteiger partial charge in [-0.3, -0.25) is 4.99 Å². The van der Waals surface area contributed by atoms with Crippen molar-refractivity contribution in [3.05, 3.63) is 0 Å². The molecule has 1 saturated heterocycles. The molecule has 8 heteroatoms. The van der Waals surface area contributed by atoms with Crippen molar-refractivity contribution < 1.29 is 19.0 Å². The smallest absolute Gasteiger partial charge is 0.409 e. The fourth-order valence-corrected chi connectivity index (χ4v) is 2.34. The molecule has 1 rings (SSSR count). The number of hydrogen-bond acceptors (Lipinski definition) is 5. The van der Waals surface area contributed by atoms with Crippen LogP contribution in [0.2, 0.25) is 0 Å². The van der Waals surface area contributed by atoms with Gasteiger partial charge in [0.1, 0.15) is 0 Å². The van der Waals surface area contributed by atoms with E-state index in [0.717, 1.165) is 32.0 Å². The summed E-state index contributed by atoms with van der Waals surface area (Å²) in [7, 11) is 1.66. The number of aliphatic imine (C=N–C) groups is 1. The van der Waals surface area contributed by atoms with Crippen LogP contribution in [0.5, 0.6) is 0 Å². The average molecular weight is 344 g/mol. The number of ether oxygens (including phenoxy) is 3. The standard InChI is InChI=1S/C16H32N4O4/c1-4-17-15(18-7-6-12-23-14-13-22-3)19-8-10-20(11-9-19)16(21)24-5-2/h4-14H2,1-3H3,(H,17,18). The number of methoxy groups -OCH3 is 1. The Morgan fingerprint density at radius 1 is 1.08 bits per heavy atom. The molecule has 0 spiro atoms. The van der Waals surface area contributed by atoms with Gasteiger partial charge in [0.25, 0.3) is 0 Å². The molecule has 0 unspecified atom stereocenters. The number of nitrogens with one attached hydrogen (secondary N) is 1. The topological polar surface area (TPSA) is 75.6 Å². The zero-order valence-electron chi connectivity index (χ0n) is 15.3. The van der Waals surface area contributed by atoms with Crippen molar-refractivity contribution in [2.45, 2.75) is 20.3 Å². The number of hydrogen-bond donors (Lipinski definition) is 1. The minimum absolute atomic E-state index is 0.229. The highest BCUT2D eigenvalue weighted by Gasteiger charge is 2.23. The van der Waals surface area contributed by atoms with Crippen molar-refractivity contribution in [1.29, 1.82) is 0 Å². The Morgan fingerprint density at radius 2 is 1.79 bits per heavy atom. The van der Waals surface area contributed by atoms with Crippen LogP contribution in [0.25, 0.3) is 0 Å². The van der Waals surface area contributed by atoms with Crippen molar-refractivity contribution >= 4 is 12.1 Å². The molecule has 0 aromatic carbocycles. The van der Waals surface area contributed by atoms with Gasteiger partial charge in [-0.2, -0.15) is 0 Å². The molecule has 0 aromatic heterocycles. The number of carbonyl (C=O) groups is 1. The maximum atomic E-state index is 11.7. The third kappa shape index (κ3) is 7.83. The van der Waals surface area contributed by atoms with Crippen molar-refractivity contribution in [3.8, 4) is 0 Å². The Labute approximate surface area is 145 Å². The Morgan fingerprint density at radius 3 is 2.42 bits per heavy atom. The second kappa shape index (κ2) is 12.8. The number of piperazine rings is 1. The summed E-state index contributed by atoms with van der Waals surface area (Å²) in [5, 5.41) is 3.31. The molecule has 1 heterocycles. The van der Waals surface area contributed by atoms with Crippen LogP contribution in [0.4, 0.5) is 4.79 Å². The van der Waals surface area contributed by atoms with Gasteiger partial charge in [0.2, 0.25) is 0 Å². The maximum Gasteiger partial charge on any atom is 0.409 e. The third-order valence-corrected chi connectivity index (χ3v) is 3.58. The first-order chi connectivity index (χ1) is 11.7. The summed E-state index contributed by atoms with van der Waals surface area (Å²) in [6, 6.07) is 0. The van der Waals surface area contributed by atoms with Crippen LogP contribution < -0.4 is 5.32 Å². The normalized spacial score (nSPS) is 15.5. The Balaban J connectivity index is 2.34. The highest BCUT2D eigenvalue weighted by atomic mass is 16.6. The van der Waals surface area contributed by atoms with Crippen LogP contribution in [0.1, 0.15) is 20.3 Å². The molecule has 0 bridgehead atoms. The van der Waals surface area contributed by atoms with E-state index in [1.165, 1.54) is 0 Å². The minimum Gasteiger partial charge on any atom is -0.450 e. The predicted molar refractivity (Wildman–Crippen MR) is 93.5 cm³/mol. The molecule has 0 aromatic rings. The van der Waals surface area contributed by atoms with Crippen LogP contribution in [0.3, 0.4) is 0 Å². The Bertz CT molecular complexity index is 371. The quantitative estimate of drug-likeness (QED) is 0.378. The summed E-state index contributed by atoms with van der Waals surface area (Å²) in [5.41, 5.74) is 0. The highest BCUT2D eigenvalue weighted by molar-refractivity contribution is 5.80. The SMILES string of the molecule is CCNC(=NCCCOCCOC)N1CCN(C(=O)OCC)CC1. The number of carbonyl (C=O) groups excluding carboxylic acids is 1. The summed E-state index contributed by atoms with van der Waals surface area (Å²) in [5.74, 6) is 0.901. The number of amides is 1. The Hall–Kier alpha value is -1.54. The summed E-state index contributed by atoms with van der Waals surface area (Å²) in [6.45, 7) is 10.6. The maximum absolute atomic E-state index is 11.7. The zero-order chi connectivity index (χ0) is 17.6. The van der Waals surface area contributed by atoms with Crippen molar-refractivity contribution in [3.63, 3.8) is 0 Å². The number of guanidine groups is 1. The third-order valence-electron chi connectivity index (χ3n) is 3.58. The van der Waals surface area contributed by atoms with E-state index in [1.807, 2.05) is 6.92 Å². The van der Waals surface area contributed by atoms with Crippen molar-refractivity contribution in [1.82, 2.24) is 15.1 Å². The van der Waals surface area contributed by atoms with Crippen LogP contribution >= 0.6 is 0 Å². The molecule has 1 N–H and O–H groups in total. The van der Waals surface area contributed by atoms with Crippen LogP contribution in [-0.4, -0.2) is 94.7 Å². The van der Waals surface area contributed by atoms with Gasteiger partial charge in [0.15, 0.2) is 5.96 Å². The van der Waals surface area contributed by atoms with Gasteiger partial charge in [-0.05, 0) is 20.3 Å². The summed E-state index contributed by atoms with van der Waals surface area (Å²) in [4.78, 5) is 20.3. The minimum atomic E-state index is -0.229. The van der Waals surface area contributed by atoms with E-state index >= 15 is 0 Å². The van der Waals surface area contributed by atoms with Gasteiger partial charge in [-0.1, -0.05) is 0 Å². The Kier molecular flexibility index (Phi) is 11.0. The molecule has 140 valence electrons. The van der Waals surface area contributed by atoms with Gasteiger partial charge in [0, 0.05) is 53.0 Å². The lowest BCUT2D eigenvalue weighted by Gasteiger charge is -2.35. The summed E-state index contributed by atoms with van der Waals surface area (Å²) < 4.78 is 15.4. The lowest BCUT2D eigenvalue weighted by molar-refractivity contribution is 0.0702. The number of rotatable bonds is 9. The molecule has 0 atom stereocenters. The van der Waals surface area contributed by atoms with Gasteiger partial charge in [-0.25, -0.2) is 4.79 Å². The van der Waals surface area contributed by atoms with Gasteiger partial charge >= 0.3 is 6.09 Å². The van der Waals surface area contributed by atoms with E-state index in [9.17, 15) is 4.79 Å². The van der Waals surface area contributed by atoms with Crippen LogP contribution in [-0.2, 0) is 14.2 Å². The van der Waals surface area contributed by atoms with Gasteiger partial charge in [-0.15, -0.1) is 0 Å². The van der Waals surface area contributed by atoms with Gasteiger partial charge in [0.05, 0.1) is 19.8 Å². The van der Waals surface area contributed by atoms with Crippen LogP contribution in [0.15, 0.2) is 4.99 Å². The van der Waals surface area contributed by atoms with Crippen molar-refractivity contribution in [2.24, 2.45) is 4.99 Å². The molecule has 0 radical (unpaired) electrons. The highest BCUT2D eigenvalue weighted by Crippen LogP contribution is 2.04. The summed E-state index contributed by atoms with van der Waals surface area (Å²) in [6.07, 6.45) is 0.647. The molecule has 1 aliphatic heterocycles. The average Bonchev–Trinajstić information content (AvgIpc) is 2.60. The van der Waals surface area contributed by atoms with E-state index in [2.05, 4.69) is 22.1 Å². The van der Waals surface area contributed by atoms with E-state index in [-0.39, 0.29) is 6.09 Å². The molecule has 1 fully saturated rings. The molecular formula is C16H32N4O4. The van der Waals surface area contributed by atoms with Crippen molar-refractivity contribution in [2.75, 3.05) is 72.8 Å². The van der Waals surface area contributed by atoms with Gasteiger partial charge < -0.3 is 29.3 Å².